The fourth-order valence-electron chi connectivity index (χ4n) is 13.3. The van der Waals surface area contributed by atoms with Gasteiger partial charge in [0.1, 0.15) is 73.2 Å². The highest BCUT2D eigenvalue weighted by atomic mass is 16.8. The molecule has 0 spiro atoms. The zero-order valence-electron chi connectivity index (χ0n) is 59.3. The van der Waals surface area contributed by atoms with Gasteiger partial charge in [-0.1, -0.05) is 303 Å². The molecule has 105 heavy (non-hydrogen) atoms. The molecule has 3 saturated heterocycles. The van der Waals surface area contributed by atoms with E-state index in [1.54, 1.807) is 7.11 Å². The Morgan fingerprint density at radius 1 is 0.200 bits per heavy atom. The largest absolute Gasteiger partial charge is 0.374 e. The highest BCUT2D eigenvalue weighted by molar-refractivity contribution is 5.22. The van der Waals surface area contributed by atoms with Crippen molar-refractivity contribution in [2.75, 3.05) is 26.9 Å². The van der Waals surface area contributed by atoms with E-state index in [1.165, 1.54) is 0 Å². The molecule has 546 valence electrons. The molecule has 0 aromatic heterocycles. The van der Waals surface area contributed by atoms with Gasteiger partial charge in [0.2, 0.25) is 0 Å². The minimum absolute atomic E-state index is 0.0109. The van der Waals surface area contributed by atoms with Crippen molar-refractivity contribution in [2.45, 2.75) is 158 Å². The molecule has 3 fully saturated rings. The van der Waals surface area contributed by atoms with Gasteiger partial charge < -0.3 is 75.8 Å². The van der Waals surface area contributed by atoms with Gasteiger partial charge in [0.05, 0.1) is 85.9 Å². The number of hydrogen-bond donors (Lipinski definition) is 0. The lowest BCUT2D eigenvalue weighted by atomic mass is 9.95. The van der Waals surface area contributed by atoms with Crippen molar-refractivity contribution in [3.05, 3.63) is 359 Å². The quantitative estimate of drug-likeness (QED) is 0.0361. The van der Waals surface area contributed by atoms with Gasteiger partial charge in [-0.05, 0) is 55.6 Å². The Bertz CT molecular complexity index is 3980. The first-order valence-corrected chi connectivity index (χ1v) is 36.3. The lowest BCUT2D eigenvalue weighted by molar-refractivity contribution is -0.382. The maximum Gasteiger partial charge on any atom is 0.187 e. The summed E-state index contributed by atoms with van der Waals surface area (Å²) in [6.45, 7) is 2.10. The van der Waals surface area contributed by atoms with Crippen molar-refractivity contribution in [3.63, 3.8) is 0 Å². The molecule has 16 heteroatoms. The summed E-state index contributed by atoms with van der Waals surface area (Å²) in [4.78, 5) is 0. The van der Waals surface area contributed by atoms with E-state index in [0.29, 0.717) is 6.61 Å². The summed E-state index contributed by atoms with van der Waals surface area (Å²) in [6, 6.07) is 100. The normalized spacial score (nSPS) is 24.6. The predicted molar refractivity (Wildman–Crippen MR) is 396 cm³/mol. The van der Waals surface area contributed by atoms with Crippen molar-refractivity contribution in [2.24, 2.45) is 0 Å². The van der Waals surface area contributed by atoms with Gasteiger partial charge in [0, 0.05) is 7.11 Å². The Labute approximate surface area is 616 Å². The highest BCUT2D eigenvalue weighted by Crippen LogP contribution is 2.39. The lowest BCUT2D eigenvalue weighted by Crippen LogP contribution is -2.67. The standard InChI is InChI=1S/C89H94O16/c1-90-87-84(98-59-72-46-26-9-27-47-72)81(95-56-69-40-20-6-21-41-69)79(94-55-68-38-18-5-19-39-68)77(102-87)64-101-88-85(99-60-73-48-28-10-29-49-73)83(97-58-71-44-24-8-25-45-71)80(76(103-88)63-92-53-66-34-14-3-15-35-66)105-89-86(100-61-74-50-30-11-31-51-74)82(96-57-70-42-22-7-23-43-70)78(93-54-67-36-16-4-17-37-67)75(104-89)62-91-52-65-32-12-2-13-33-65/h2-51,75-89H,52-64H2,1H3/t75-,76-,77-,78-,79-,80-,81+,82+,83+,84-,85-,86-,87+,88+,89-/m1/s1. The first kappa shape index (κ1) is 74.8. The summed E-state index contributed by atoms with van der Waals surface area (Å²) >= 11 is 0. The van der Waals surface area contributed by atoms with Gasteiger partial charge in [-0.15, -0.1) is 0 Å². The molecule has 16 nitrogen and oxygen atoms in total. The molecule has 3 aliphatic heterocycles. The minimum atomic E-state index is -1.22. The Balaban J connectivity index is 0.897. The maximum absolute atomic E-state index is 7.83. The number of rotatable bonds is 38. The van der Waals surface area contributed by atoms with Gasteiger partial charge in [-0.2, -0.15) is 0 Å². The predicted octanol–water partition coefficient (Wildman–Crippen LogP) is 15.3. The smallest absolute Gasteiger partial charge is 0.187 e. The van der Waals surface area contributed by atoms with Crippen LogP contribution in [-0.2, 0) is 142 Å². The summed E-state index contributed by atoms with van der Waals surface area (Å²) < 4.78 is 115. The van der Waals surface area contributed by atoms with E-state index < -0.39 is 92.1 Å². The third-order valence-electron chi connectivity index (χ3n) is 18.8. The van der Waals surface area contributed by atoms with E-state index >= 15 is 0 Å². The Hall–Kier alpha value is -8.44. The summed E-state index contributed by atoms with van der Waals surface area (Å²) in [5.41, 5.74) is 9.50. The molecule has 3 aliphatic rings. The molecule has 0 radical (unpaired) electrons. The summed E-state index contributed by atoms with van der Waals surface area (Å²) in [6.07, 6.45) is -14.0. The van der Waals surface area contributed by atoms with Crippen LogP contribution in [-0.4, -0.2) is 119 Å². The molecule has 0 saturated carbocycles. The van der Waals surface area contributed by atoms with Gasteiger partial charge in [-0.25, -0.2) is 0 Å². The average Bonchev–Trinajstić information content (AvgIpc) is 0.769. The van der Waals surface area contributed by atoms with Crippen LogP contribution >= 0.6 is 0 Å². The van der Waals surface area contributed by atoms with Crippen LogP contribution in [0, 0.1) is 0 Å². The summed E-state index contributed by atoms with van der Waals surface area (Å²) in [5.74, 6) is 0. The topological polar surface area (TPSA) is 148 Å². The van der Waals surface area contributed by atoms with Crippen molar-refractivity contribution in [3.8, 4) is 0 Å². The van der Waals surface area contributed by atoms with Crippen molar-refractivity contribution in [1.29, 1.82) is 0 Å². The van der Waals surface area contributed by atoms with Crippen LogP contribution in [0.5, 0.6) is 0 Å². The molecule has 10 aromatic rings. The fraction of sp³-hybridized carbons (Fsp3) is 0.326. The second kappa shape index (κ2) is 40.3. The van der Waals surface area contributed by atoms with Crippen molar-refractivity contribution < 1.29 is 75.8 Å². The lowest BCUT2D eigenvalue weighted by Gasteiger charge is -2.50. The van der Waals surface area contributed by atoms with Crippen LogP contribution in [0.3, 0.4) is 0 Å². The maximum atomic E-state index is 7.83. The molecule has 0 N–H and O–H groups in total. The summed E-state index contributed by atoms with van der Waals surface area (Å²) in [7, 11) is 1.61. The zero-order valence-corrected chi connectivity index (χ0v) is 59.3. The van der Waals surface area contributed by atoms with Gasteiger partial charge in [0.25, 0.3) is 0 Å². The molecule has 0 amide bonds. The van der Waals surface area contributed by atoms with Crippen LogP contribution in [0.25, 0.3) is 0 Å². The second-order valence-corrected chi connectivity index (χ2v) is 26.4. The molecule has 15 atom stereocenters. The van der Waals surface area contributed by atoms with E-state index in [-0.39, 0.29) is 79.3 Å². The molecule has 13 rings (SSSR count). The molecule has 10 aromatic carbocycles. The molecular formula is C89H94O16. The van der Waals surface area contributed by atoms with Crippen LogP contribution in [0.4, 0.5) is 0 Å². The fourth-order valence-corrected chi connectivity index (χ4v) is 13.3. The Kier molecular flexibility index (Phi) is 28.7. The Morgan fingerprint density at radius 3 is 0.705 bits per heavy atom. The van der Waals surface area contributed by atoms with E-state index in [1.807, 2.05) is 303 Å². The van der Waals surface area contributed by atoms with Crippen LogP contribution in [0.1, 0.15) is 55.6 Å². The summed E-state index contributed by atoms with van der Waals surface area (Å²) in [5, 5.41) is 0. The molecule has 0 unspecified atom stereocenters. The first-order valence-electron chi connectivity index (χ1n) is 36.3. The molecular weight excluding hydrogens is 1320 g/mol. The number of benzene rings is 10. The monoisotopic (exact) mass is 1420 g/mol. The van der Waals surface area contributed by atoms with Gasteiger partial charge >= 0.3 is 0 Å². The zero-order chi connectivity index (χ0) is 71.3. The van der Waals surface area contributed by atoms with E-state index in [4.69, 9.17) is 75.8 Å². The van der Waals surface area contributed by atoms with E-state index in [0.717, 1.165) is 55.6 Å². The highest BCUT2D eigenvalue weighted by Gasteiger charge is 2.56. The van der Waals surface area contributed by atoms with E-state index in [2.05, 4.69) is 0 Å². The van der Waals surface area contributed by atoms with Crippen molar-refractivity contribution >= 4 is 0 Å². The van der Waals surface area contributed by atoms with Gasteiger partial charge in [0.15, 0.2) is 18.9 Å². The SMILES string of the molecule is CO[C@H]1O[C@H](CO[C@H]2O[C@H](COCc3ccccc3)[C@@H](O[C@H]3O[C@H](COCc4ccccc4)[C@@H](OCc4ccccc4)[C@H](OCc4ccccc4)[C@H]3OCc3ccccc3)[C@H](OCc3ccccc3)[C@H]2OCc2ccccc2)[C@@H](OCc2ccccc2)[C@H](OCc2ccccc2)[C@H]1OCc1ccccc1. The first-order chi connectivity index (χ1) is 52.0. The molecule has 3 heterocycles. The van der Waals surface area contributed by atoms with E-state index in [9.17, 15) is 0 Å². The minimum Gasteiger partial charge on any atom is -0.374 e. The van der Waals surface area contributed by atoms with Crippen LogP contribution in [0.2, 0.25) is 0 Å². The molecule has 0 aliphatic carbocycles. The average molecular weight is 1420 g/mol. The number of methoxy groups -OCH3 is 1. The molecule has 0 bridgehead atoms. The third kappa shape index (κ3) is 22.1. The van der Waals surface area contributed by atoms with Crippen LogP contribution in [0.15, 0.2) is 303 Å². The van der Waals surface area contributed by atoms with Gasteiger partial charge in [-0.3, -0.25) is 0 Å². The Morgan fingerprint density at radius 2 is 0.410 bits per heavy atom. The number of ether oxygens (including phenoxy) is 16. The third-order valence-corrected chi connectivity index (χ3v) is 18.8. The van der Waals surface area contributed by atoms with Crippen LogP contribution < -0.4 is 0 Å². The second-order valence-electron chi connectivity index (χ2n) is 26.4. The van der Waals surface area contributed by atoms with Crippen molar-refractivity contribution in [1.82, 2.24) is 0 Å². The number of hydrogen-bond acceptors (Lipinski definition) is 16.